The molecule has 0 aliphatic carbocycles. The molecule has 12 heavy (non-hydrogen) atoms. The van der Waals surface area contributed by atoms with E-state index in [0.29, 0.717) is 6.54 Å². The molecule has 2 N–H and O–H groups in total. The molecule has 0 saturated heterocycles. The first-order valence-electron chi connectivity index (χ1n) is 4.03. The van der Waals surface area contributed by atoms with Crippen LogP contribution >= 0.6 is 0 Å². The van der Waals surface area contributed by atoms with E-state index in [9.17, 15) is 9.90 Å². The highest BCUT2D eigenvalue weighted by molar-refractivity contribution is 5.76. The Bertz CT molecular complexity index is 158. The molecule has 0 heterocycles. The van der Waals surface area contributed by atoms with Gasteiger partial charge >= 0.3 is 5.97 Å². The molecule has 4 nitrogen and oxygen atoms in total. The smallest absolute Gasteiger partial charge is 0.335 e. The topological polar surface area (TPSA) is 60.8 Å². The summed E-state index contributed by atoms with van der Waals surface area (Å²) in [5, 5.41) is 18.2. The van der Waals surface area contributed by atoms with Crippen LogP contribution in [0, 0.1) is 0 Å². The average molecular weight is 175 g/mol. The fourth-order valence-corrected chi connectivity index (χ4v) is 0.844. The summed E-state index contributed by atoms with van der Waals surface area (Å²) in [5.74, 6) is -1.13. The van der Waals surface area contributed by atoms with Gasteiger partial charge in [0, 0.05) is 6.54 Å². The van der Waals surface area contributed by atoms with E-state index in [-0.39, 0.29) is 12.8 Å². The van der Waals surface area contributed by atoms with Crippen molar-refractivity contribution in [1.29, 1.82) is 0 Å². The molecule has 0 saturated carbocycles. The molecule has 0 fully saturated rings. The van der Waals surface area contributed by atoms with Gasteiger partial charge in [-0.2, -0.15) is 0 Å². The number of hydrogen-bond acceptors (Lipinski definition) is 3. The third kappa shape index (κ3) is 3.19. The van der Waals surface area contributed by atoms with Gasteiger partial charge in [-0.05, 0) is 26.9 Å². The van der Waals surface area contributed by atoms with Gasteiger partial charge in [-0.1, -0.05) is 6.92 Å². The summed E-state index contributed by atoms with van der Waals surface area (Å²) in [5.41, 5.74) is -1.55. The second-order valence-electron chi connectivity index (χ2n) is 3.24. The van der Waals surface area contributed by atoms with Crippen LogP contribution < -0.4 is 0 Å². The van der Waals surface area contributed by atoms with E-state index in [0.717, 1.165) is 0 Å². The van der Waals surface area contributed by atoms with Crippen LogP contribution in [0.25, 0.3) is 0 Å². The van der Waals surface area contributed by atoms with Gasteiger partial charge in [0.2, 0.25) is 0 Å². The van der Waals surface area contributed by atoms with Crippen molar-refractivity contribution >= 4 is 5.97 Å². The molecule has 0 unspecified atom stereocenters. The standard InChI is InChI=1S/C8H17NO3/c1-4-8(12,7(10)11)5-6-9(2)3/h12H,4-6H2,1-3H3,(H,10,11)/t8-/m0/s1. The van der Waals surface area contributed by atoms with Gasteiger partial charge in [0.15, 0.2) is 5.60 Å². The number of hydrogen-bond donors (Lipinski definition) is 2. The fraction of sp³-hybridized carbons (Fsp3) is 0.875. The molecule has 0 aromatic rings. The predicted molar refractivity (Wildman–Crippen MR) is 46.0 cm³/mol. The van der Waals surface area contributed by atoms with Crippen LogP contribution in [0.2, 0.25) is 0 Å². The third-order valence-corrected chi connectivity index (χ3v) is 1.96. The van der Waals surface area contributed by atoms with Gasteiger partial charge in [-0.3, -0.25) is 0 Å². The zero-order valence-electron chi connectivity index (χ0n) is 7.87. The maximum absolute atomic E-state index is 10.6. The minimum absolute atomic E-state index is 0.246. The summed E-state index contributed by atoms with van der Waals surface area (Å²) in [6, 6.07) is 0. The summed E-state index contributed by atoms with van der Waals surface area (Å²) in [4.78, 5) is 12.4. The molecule has 0 aromatic carbocycles. The SMILES string of the molecule is CC[C@](O)(CCN(C)C)C(=O)O. The Morgan fingerprint density at radius 3 is 2.25 bits per heavy atom. The van der Waals surface area contributed by atoms with Crippen molar-refractivity contribution < 1.29 is 15.0 Å². The average Bonchev–Trinajstić information content (AvgIpc) is 1.99. The Balaban J connectivity index is 4.06. The van der Waals surface area contributed by atoms with Crippen LogP contribution in [0.3, 0.4) is 0 Å². The first-order chi connectivity index (χ1) is 5.42. The molecular weight excluding hydrogens is 158 g/mol. The molecule has 1 atom stereocenters. The zero-order valence-corrected chi connectivity index (χ0v) is 7.87. The van der Waals surface area contributed by atoms with E-state index in [2.05, 4.69) is 0 Å². The second-order valence-corrected chi connectivity index (χ2v) is 3.24. The number of aliphatic carboxylic acids is 1. The Kier molecular flexibility index (Phi) is 4.20. The monoisotopic (exact) mass is 175 g/mol. The van der Waals surface area contributed by atoms with Gasteiger partial charge in [-0.15, -0.1) is 0 Å². The lowest BCUT2D eigenvalue weighted by Crippen LogP contribution is -2.40. The molecule has 0 aliphatic heterocycles. The number of carbonyl (C=O) groups is 1. The normalized spacial score (nSPS) is 16.1. The number of rotatable bonds is 5. The van der Waals surface area contributed by atoms with Crippen LogP contribution in [0.4, 0.5) is 0 Å². The van der Waals surface area contributed by atoms with Crippen molar-refractivity contribution in [2.75, 3.05) is 20.6 Å². The van der Waals surface area contributed by atoms with Crippen LogP contribution in [0.5, 0.6) is 0 Å². The minimum atomic E-state index is -1.55. The quantitative estimate of drug-likeness (QED) is 0.625. The van der Waals surface area contributed by atoms with E-state index in [1.807, 2.05) is 19.0 Å². The lowest BCUT2D eigenvalue weighted by Gasteiger charge is -2.23. The highest BCUT2D eigenvalue weighted by atomic mass is 16.4. The highest BCUT2D eigenvalue weighted by Crippen LogP contribution is 2.15. The molecule has 0 bridgehead atoms. The van der Waals surface area contributed by atoms with Crippen LogP contribution in [0.1, 0.15) is 19.8 Å². The van der Waals surface area contributed by atoms with E-state index < -0.39 is 11.6 Å². The number of nitrogens with zero attached hydrogens (tertiary/aromatic N) is 1. The van der Waals surface area contributed by atoms with Gasteiger partial charge < -0.3 is 15.1 Å². The minimum Gasteiger partial charge on any atom is -0.479 e. The molecule has 0 aliphatic rings. The Morgan fingerprint density at radius 1 is 1.50 bits per heavy atom. The molecule has 4 heteroatoms. The van der Waals surface area contributed by atoms with Crippen molar-refractivity contribution in [2.24, 2.45) is 0 Å². The first kappa shape index (κ1) is 11.4. The van der Waals surface area contributed by atoms with E-state index >= 15 is 0 Å². The first-order valence-corrected chi connectivity index (χ1v) is 4.03. The van der Waals surface area contributed by atoms with Crippen LogP contribution in [-0.4, -0.2) is 47.3 Å². The van der Waals surface area contributed by atoms with Crippen molar-refractivity contribution in [1.82, 2.24) is 4.90 Å². The molecule has 0 amide bonds. The fourth-order valence-electron chi connectivity index (χ4n) is 0.844. The summed E-state index contributed by atoms with van der Waals surface area (Å²) >= 11 is 0. The highest BCUT2D eigenvalue weighted by Gasteiger charge is 2.33. The number of carboxylic acid groups (broad SMARTS) is 1. The van der Waals surface area contributed by atoms with Gasteiger partial charge in [0.25, 0.3) is 0 Å². The summed E-state index contributed by atoms with van der Waals surface area (Å²) in [6.07, 6.45) is 0.516. The van der Waals surface area contributed by atoms with Crippen LogP contribution in [0.15, 0.2) is 0 Å². The Morgan fingerprint density at radius 2 is 2.00 bits per heavy atom. The molecular formula is C8H17NO3. The predicted octanol–water partition coefficient (Wildman–Crippen LogP) is 0.164. The van der Waals surface area contributed by atoms with E-state index in [1.165, 1.54) is 0 Å². The van der Waals surface area contributed by atoms with Gasteiger partial charge in [0.05, 0.1) is 0 Å². The third-order valence-electron chi connectivity index (χ3n) is 1.96. The van der Waals surface area contributed by atoms with Crippen molar-refractivity contribution in [2.45, 2.75) is 25.4 Å². The van der Waals surface area contributed by atoms with E-state index in [4.69, 9.17) is 5.11 Å². The summed E-state index contributed by atoms with van der Waals surface area (Å²) in [7, 11) is 3.69. The molecule has 0 aromatic heterocycles. The summed E-state index contributed by atoms with van der Waals surface area (Å²) in [6.45, 7) is 2.25. The van der Waals surface area contributed by atoms with E-state index in [1.54, 1.807) is 6.92 Å². The molecule has 72 valence electrons. The Hall–Kier alpha value is -0.610. The Labute approximate surface area is 72.8 Å². The van der Waals surface area contributed by atoms with Crippen LogP contribution in [-0.2, 0) is 4.79 Å². The van der Waals surface area contributed by atoms with Crippen molar-refractivity contribution in [3.8, 4) is 0 Å². The summed E-state index contributed by atoms with van der Waals surface area (Å²) < 4.78 is 0. The molecule has 0 spiro atoms. The number of aliphatic hydroxyl groups is 1. The number of carboxylic acids is 1. The van der Waals surface area contributed by atoms with Gasteiger partial charge in [0.1, 0.15) is 0 Å². The van der Waals surface area contributed by atoms with Crippen molar-refractivity contribution in [3.63, 3.8) is 0 Å². The largest absolute Gasteiger partial charge is 0.479 e. The zero-order chi connectivity index (χ0) is 9.78. The molecule has 0 rings (SSSR count). The lowest BCUT2D eigenvalue weighted by molar-refractivity contribution is -0.159. The van der Waals surface area contributed by atoms with Crippen molar-refractivity contribution in [3.05, 3.63) is 0 Å². The second kappa shape index (κ2) is 4.42. The van der Waals surface area contributed by atoms with Gasteiger partial charge in [-0.25, -0.2) is 4.79 Å². The maximum atomic E-state index is 10.6. The lowest BCUT2D eigenvalue weighted by atomic mass is 9.97. The maximum Gasteiger partial charge on any atom is 0.335 e. The molecule has 0 radical (unpaired) electrons.